The topological polar surface area (TPSA) is 61.4 Å². The van der Waals surface area contributed by atoms with Crippen LogP contribution >= 0.6 is 0 Å². The first-order valence-electron chi connectivity index (χ1n) is 10.1. The first-order valence-corrected chi connectivity index (χ1v) is 10.1. The molecule has 5 heteroatoms. The van der Waals surface area contributed by atoms with Gasteiger partial charge in [-0.05, 0) is 43.5 Å². The van der Waals surface area contributed by atoms with Crippen molar-refractivity contribution in [1.29, 1.82) is 0 Å². The smallest absolute Gasteiger partial charge is 0.253 e. The highest BCUT2D eigenvalue weighted by Gasteiger charge is 2.17. The minimum atomic E-state index is -0.0828. The molecule has 1 saturated heterocycles. The Balaban J connectivity index is 1.54. The predicted octanol–water partition coefficient (Wildman–Crippen LogP) is 3.99. The van der Waals surface area contributed by atoms with Crippen molar-refractivity contribution in [3.63, 3.8) is 0 Å². The van der Waals surface area contributed by atoms with Gasteiger partial charge in [-0.3, -0.25) is 9.59 Å². The summed E-state index contributed by atoms with van der Waals surface area (Å²) in [7, 11) is 0. The van der Waals surface area contributed by atoms with E-state index in [0.717, 1.165) is 37.2 Å². The average Bonchev–Trinajstić information content (AvgIpc) is 3.02. The summed E-state index contributed by atoms with van der Waals surface area (Å²) in [5, 5.41) is 6.11. The SMILES string of the molecule is CC(NC(=O)CNc1cccc(C(=O)N2CCCCCC2)c1)c1ccccc1. The molecule has 0 aromatic heterocycles. The summed E-state index contributed by atoms with van der Waals surface area (Å²) < 4.78 is 0. The number of benzene rings is 2. The van der Waals surface area contributed by atoms with Crippen LogP contribution in [0.15, 0.2) is 54.6 Å². The molecule has 1 aliphatic rings. The molecular formula is C23H29N3O2. The Morgan fingerprint density at radius 2 is 1.68 bits per heavy atom. The highest BCUT2D eigenvalue weighted by molar-refractivity contribution is 5.95. The van der Waals surface area contributed by atoms with Crippen LogP contribution in [0.1, 0.15) is 54.6 Å². The molecule has 2 aromatic carbocycles. The van der Waals surface area contributed by atoms with Gasteiger partial charge in [-0.25, -0.2) is 0 Å². The van der Waals surface area contributed by atoms with Gasteiger partial charge in [0.1, 0.15) is 0 Å². The van der Waals surface area contributed by atoms with Crippen LogP contribution in [0.3, 0.4) is 0 Å². The summed E-state index contributed by atoms with van der Waals surface area (Å²) in [4.78, 5) is 27.0. The van der Waals surface area contributed by atoms with Gasteiger partial charge in [-0.15, -0.1) is 0 Å². The summed E-state index contributed by atoms with van der Waals surface area (Å²) in [5.74, 6) is -0.00620. The molecule has 3 rings (SSSR count). The molecule has 0 saturated carbocycles. The second-order valence-corrected chi connectivity index (χ2v) is 7.34. The monoisotopic (exact) mass is 379 g/mol. The van der Waals surface area contributed by atoms with Crippen molar-refractivity contribution in [1.82, 2.24) is 10.2 Å². The zero-order chi connectivity index (χ0) is 19.8. The average molecular weight is 380 g/mol. The van der Waals surface area contributed by atoms with Gasteiger partial charge in [0, 0.05) is 24.3 Å². The van der Waals surface area contributed by atoms with Gasteiger partial charge in [0.05, 0.1) is 12.6 Å². The minimum absolute atomic E-state index is 0.0496. The number of likely N-dealkylation sites (tertiary alicyclic amines) is 1. The maximum absolute atomic E-state index is 12.8. The Morgan fingerprint density at radius 3 is 2.39 bits per heavy atom. The summed E-state index contributed by atoms with van der Waals surface area (Å²) in [5.41, 5.74) is 2.52. The van der Waals surface area contributed by atoms with Crippen LogP contribution < -0.4 is 10.6 Å². The summed E-state index contributed by atoms with van der Waals surface area (Å²) in [6.45, 7) is 3.79. The van der Waals surface area contributed by atoms with E-state index in [2.05, 4.69) is 10.6 Å². The fourth-order valence-electron chi connectivity index (χ4n) is 3.52. The molecular weight excluding hydrogens is 350 g/mol. The molecule has 0 bridgehead atoms. The molecule has 1 fully saturated rings. The highest BCUT2D eigenvalue weighted by Crippen LogP contribution is 2.16. The van der Waals surface area contributed by atoms with Gasteiger partial charge in [0.15, 0.2) is 0 Å². The van der Waals surface area contributed by atoms with Crippen LogP contribution in [0.5, 0.6) is 0 Å². The lowest BCUT2D eigenvalue weighted by Gasteiger charge is -2.20. The van der Waals surface area contributed by atoms with Gasteiger partial charge in [0.25, 0.3) is 5.91 Å². The van der Waals surface area contributed by atoms with Crippen molar-refractivity contribution >= 4 is 17.5 Å². The van der Waals surface area contributed by atoms with Gasteiger partial charge in [-0.1, -0.05) is 49.2 Å². The van der Waals surface area contributed by atoms with Crippen LogP contribution in [0.2, 0.25) is 0 Å². The number of hydrogen-bond acceptors (Lipinski definition) is 3. The molecule has 1 aliphatic heterocycles. The van der Waals surface area contributed by atoms with Crippen LogP contribution in [0.25, 0.3) is 0 Å². The first-order chi connectivity index (χ1) is 13.6. The van der Waals surface area contributed by atoms with Crippen LogP contribution in [-0.2, 0) is 4.79 Å². The van der Waals surface area contributed by atoms with Gasteiger partial charge < -0.3 is 15.5 Å². The lowest BCUT2D eigenvalue weighted by molar-refractivity contribution is -0.120. The maximum Gasteiger partial charge on any atom is 0.253 e. The van der Waals surface area contributed by atoms with Crippen molar-refractivity contribution in [2.24, 2.45) is 0 Å². The second-order valence-electron chi connectivity index (χ2n) is 7.34. The molecule has 5 nitrogen and oxygen atoms in total. The quantitative estimate of drug-likeness (QED) is 0.798. The molecule has 1 heterocycles. The Hall–Kier alpha value is -2.82. The zero-order valence-corrected chi connectivity index (χ0v) is 16.5. The number of carbonyl (C=O) groups excluding carboxylic acids is 2. The van der Waals surface area contributed by atoms with E-state index in [1.807, 2.05) is 66.4 Å². The van der Waals surface area contributed by atoms with E-state index in [1.165, 1.54) is 12.8 Å². The molecule has 2 N–H and O–H groups in total. The molecule has 1 atom stereocenters. The third kappa shape index (κ3) is 5.59. The number of carbonyl (C=O) groups is 2. The molecule has 0 spiro atoms. The lowest BCUT2D eigenvalue weighted by atomic mass is 10.1. The summed E-state index contributed by atoms with van der Waals surface area (Å²) >= 11 is 0. The Kier molecular flexibility index (Phi) is 7.06. The molecule has 0 radical (unpaired) electrons. The minimum Gasteiger partial charge on any atom is -0.376 e. The largest absolute Gasteiger partial charge is 0.376 e. The maximum atomic E-state index is 12.8. The fraction of sp³-hybridized carbons (Fsp3) is 0.391. The number of anilines is 1. The zero-order valence-electron chi connectivity index (χ0n) is 16.5. The molecule has 1 unspecified atom stereocenters. The third-order valence-corrected chi connectivity index (χ3v) is 5.13. The van der Waals surface area contributed by atoms with Crippen LogP contribution in [-0.4, -0.2) is 36.3 Å². The van der Waals surface area contributed by atoms with Crippen LogP contribution in [0.4, 0.5) is 5.69 Å². The van der Waals surface area contributed by atoms with Gasteiger partial charge >= 0.3 is 0 Å². The van der Waals surface area contributed by atoms with E-state index < -0.39 is 0 Å². The Morgan fingerprint density at radius 1 is 0.964 bits per heavy atom. The molecule has 28 heavy (non-hydrogen) atoms. The molecule has 0 aliphatic carbocycles. The Bertz CT molecular complexity index is 783. The molecule has 2 aromatic rings. The van der Waals surface area contributed by atoms with Gasteiger partial charge in [0.2, 0.25) is 5.91 Å². The van der Waals surface area contributed by atoms with Crippen LogP contribution in [0, 0.1) is 0 Å². The van der Waals surface area contributed by atoms with E-state index in [-0.39, 0.29) is 24.4 Å². The number of nitrogens with one attached hydrogen (secondary N) is 2. The summed E-state index contributed by atoms with van der Waals surface area (Å²) in [6, 6.07) is 17.2. The number of nitrogens with zero attached hydrogens (tertiary/aromatic N) is 1. The van der Waals surface area contributed by atoms with Crippen molar-refractivity contribution in [3.05, 3.63) is 65.7 Å². The first kappa shape index (κ1) is 19.9. The summed E-state index contributed by atoms with van der Waals surface area (Å²) in [6.07, 6.45) is 4.54. The van der Waals surface area contributed by atoms with Crippen molar-refractivity contribution < 1.29 is 9.59 Å². The van der Waals surface area contributed by atoms with Gasteiger partial charge in [-0.2, -0.15) is 0 Å². The van der Waals surface area contributed by atoms with E-state index in [1.54, 1.807) is 0 Å². The molecule has 2 amide bonds. The standard InChI is InChI=1S/C23H29N3O2/c1-18(19-10-5-4-6-11-19)25-22(27)17-24-21-13-9-12-20(16-21)23(28)26-14-7-2-3-8-15-26/h4-6,9-13,16,18,24H,2-3,7-8,14-15,17H2,1H3,(H,25,27). The highest BCUT2D eigenvalue weighted by atomic mass is 16.2. The lowest BCUT2D eigenvalue weighted by Crippen LogP contribution is -2.32. The number of rotatable bonds is 6. The van der Waals surface area contributed by atoms with E-state index in [0.29, 0.717) is 5.56 Å². The Labute approximate surface area is 167 Å². The van der Waals surface area contributed by atoms with Crippen molar-refractivity contribution in [2.45, 2.75) is 38.6 Å². The normalized spacial score (nSPS) is 15.4. The number of amides is 2. The van der Waals surface area contributed by atoms with Crippen molar-refractivity contribution in [2.75, 3.05) is 25.0 Å². The fourth-order valence-corrected chi connectivity index (χ4v) is 3.52. The van der Waals surface area contributed by atoms with E-state index in [9.17, 15) is 9.59 Å². The van der Waals surface area contributed by atoms with Crippen molar-refractivity contribution in [3.8, 4) is 0 Å². The third-order valence-electron chi connectivity index (χ3n) is 5.13. The van der Waals surface area contributed by atoms with E-state index >= 15 is 0 Å². The molecule has 148 valence electrons. The van der Waals surface area contributed by atoms with E-state index in [4.69, 9.17) is 0 Å². The number of hydrogen-bond donors (Lipinski definition) is 2. The second kappa shape index (κ2) is 9.93. The predicted molar refractivity (Wildman–Crippen MR) is 112 cm³/mol.